The minimum Gasteiger partial charge on any atom is -0.490 e. The predicted molar refractivity (Wildman–Crippen MR) is 140 cm³/mol. The Labute approximate surface area is 212 Å². The molecule has 0 saturated heterocycles. The third-order valence-electron chi connectivity index (χ3n) is 5.61. The first kappa shape index (κ1) is 25.1. The maximum atomic E-state index is 13.1. The molecule has 2 aromatic carbocycles. The molecule has 1 N–H and O–H groups in total. The van der Waals surface area contributed by atoms with Gasteiger partial charge in [-0.25, -0.2) is 9.78 Å². The van der Waals surface area contributed by atoms with E-state index in [1.807, 2.05) is 54.6 Å². The zero-order valence-electron chi connectivity index (χ0n) is 20.3. The lowest BCUT2D eigenvalue weighted by Crippen LogP contribution is -2.27. The third kappa shape index (κ3) is 5.80. The Morgan fingerprint density at radius 2 is 1.78 bits per heavy atom. The van der Waals surface area contributed by atoms with Gasteiger partial charge in [0.25, 0.3) is 5.56 Å². The first-order chi connectivity index (χ1) is 17.3. The minimum atomic E-state index is -0.541. The van der Waals surface area contributed by atoms with Crippen LogP contribution >= 0.6 is 11.3 Å². The zero-order chi connectivity index (χ0) is 25.7. The van der Waals surface area contributed by atoms with E-state index in [4.69, 9.17) is 9.47 Å². The molecule has 9 heteroatoms. The lowest BCUT2D eigenvalue weighted by molar-refractivity contribution is -0.116. The van der Waals surface area contributed by atoms with Crippen molar-refractivity contribution in [1.82, 2.24) is 9.55 Å². The molecule has 0 radical (unpaired) electrons. The van der Waals surface area contributed by atoms with E-state index < -0.39 is 5.97 Å². The van der Waals surface area contributed by atoms with Crippen LogP contribution in [0.1, 0.15) is 40.6 Å². The molecule has 0 aliphatic rings. The number of aromatic nitrogens is 2. The summed E-state index contributed by atoms with van der Waals surface area (Å²) < 4.78 is 12.1. The number of rotatable bonds is 9. The lowest BCUT2D eigenvalue weighted by atomic mass is 10.0. The van der Waals surface area contributed by atoms with Gasteiger partial charge >= 0.3 is 5.97 Å². The second kappa shape index (κ2) is 11.2. The van der Waals surface area contributed by atoms with Gasteiger partial charge in [-0.3, -0.25) is 14.2 Å². The van der Waals surface area contributed by atoms with E-state index in [1.165, 1.54) is 16.5 Å². The van der Waals surface area contributed by atoms with Crippen molar-refractivity contribution in [2.45, 2.75) is 33.2 Å². The third-order valence-corrected chi connectivity index (χ3v) is 6.79. The number of nitrogens with one attached hydrogen (secondary N) is 1. The standard InChI is InChI=1S/C27H27N3O5S/c1-17(2)19-9-11-20(12-10-19)29-22(31)15-30-16-28-25-23(26(30)32)18(3)24(36-25)27(33)35-14-13-34-21-7-5-4-6-8-21/h4-12,16-17H,13-15H2,1-3H3,(H,29,31). The molecule has 0 fully saturated rings. The van der Waals surface area contributed by atoms with Crippen molar-refractivity contribution in [3.63, 3.8) is 0 Å². The van der Waals surface area contributed by atoms with Crippen LogP contribution in [0.3, 0.4) is 0 Å². The summed E-state index contributed by atoms with van der Waals surface area (Å²) in [6, 6.07) is 16.8. The van der Waals surface area contributed by atoms with E-state index >= 15 is 0 Å². The number of ether oxygens (including phenoxy) is 2. The Morgan fingerprint density at radius 3 is 2.47 bits per heavy atom. The van der Waals surface area contributed by atoms with Gasteiger partial charge in [-0.15, -0.1) is 11.3 Å². The highest BCUT2D eigenvalue weighted by molar-refractivity contribution is 7.20. The van der Waals surface area contributed by atoms with Gasteiger partial charge < -0.3 is 14.8 Å². The molecule has 0 spiro atoms. The first-order valence-electron chi connectivity index (χ1n) is 11.6. The molecular weight excluding hydrogens is 478 g/mol. The molecule has 0 aliphatic heterocycles. The maximum Gasteiger partial charge on any atom is 0.348 e. The smallest absolute Gasteiger partial charge is 0.348 e. The second-order valence-electron chi connectivity index (χ2n) is 8.54. The normalized spacial score (nSPS) is 11.0. The number of benzene rings is 2. The number of hydrogen-bond acceptors (Lipinski definition) is 7. The average Bonchev–Trinajstić information content (AvgIpc) is 3.21. The Morgan fingerprint density at radius 1 is 1.06 bits per heavy atom. The fourth-order valence-electron chi connectivity index (χ4n) is 3.65. The summed E-state index contributed by atoms with van der Waals surface area (Å²) in [5, 5.41) is 3.11. The number of esters is 1. The number of anilines is 1. The van der Waals surface area contributed by atoms with E-state index in [0.29, 0.717) is 38.0 Å². The fourth-order valence-corrected chi connectivity index (χ4v) is 4.68. The number of carbonyl (C=O) groups excluding carboxylic acids is 2. The molecule has 0 atom stereocenters. The topological polar surface area (TPSA) is 99.5 Å². The van der Waals surface area contributed by atoms with E-state index in [0.717, 1.165) is 11.3 Å². The van der Waals surface area contributed by atoms with Crippen molar-refractivity contribution in [1.29, 1.82) is 0 Å². The SMILES string of the molecule is Cc1c(C(=O)OCCOc2ccccc2)sc2ncn(CC(=O)Nc3ccc(C(C)C)cc3)c(=O)c12. The summed E-state index contributed by atoms with van der Waals surface area (Å²) in [5.41, 5.74) is 1.93. The van der Waals surface area contributed by atoms with Crippen molar-refractivity contribution in [3.8, 4) is 5.75 Å². The van der Waals surface area contributed by atoms with Crippen LogP contribution in [0, 0.1) is 6.92 Å². The largest absolute Gasteiger partial charge is 0.490 e. The number of hydrogen-bond donors (Lipinski definition) is 1. The van der Waals surface area contributed by atoms with Crippen LogP contribution in [-0.4, -0.2) is 34.6 Å². The minimum absolute atomic E-state index is 0.0669. The van der Waals surface area contributed by atoms with Crippen LogP contribution in [0.15, 0.2) is 65.7 Å². The van der Waals surface area contributed by atoms with Gasteiger partial charge in [0.15, 0.2) is 0 Å². The van der Waals surface area contributed by atoms with E-state index in [2.05, 4.69) is 24.1 Å². The van der Waals surface area contributed by atoms with Crippen molar-refractivity contribution < 1.29 is 19.1 Å². The van der Waals surface area contributed by atoms with Gasteiger partial charge in [0, 0.05) is 5.69 Å². The van der Waals surface area contributed by atoms with E-state index in [9.17, 15) is 14.4 Å². The Kier molecular flexibility index (Phi) is 7.80. The van der Waals surface area contributed by atoms with Crippen molar-refractivity contribution in [2.24, 2.45) is 0 Å². The Balaban J connectivity index is 1.41. The molecule has 0 saturated carbocycles. The van der Waals surface area contributed by atoms with Crippen molar-refractivity contribution in [2.75, 3.05) is 18.5 Å². The van der Waals surface area contributed by atoms with E-state index in [-0.39, 0.29) is 31.2 Å². The van der Waals surface area contributed by atoms with Gasteiger partial charge in [-0.05, 0) is 48.2 Å². The quantitative estimate of drug-likeness (QED) is 0.260. The number of para-hydroxylation sites is 1. The molecule has 4 aromatic rings. The summed E-state index contributed by atoms with van der Waals surface area (Å²) in [6.07, 6.45) is 1.32. The number of fused-ring (bicyclic) bond motifs is 1. The molecule has 8 nitrogen and oxygen atoms in total. The molecule has 1 amide bonds. The molecule has 2 heterocycles. The molecule has 0 bridgehead atoms. The summed E-state index contributed by atoms with van der Waals surface area (Å²) in [6.45, 7) is 5.96. The highest BCUT2D eigenvalue weighted by atomic mass is 32.1. The molecule has 2 aromatic heterocycles. The Hall–Kier alpha value is -3.98. The van der Waals surface area contributed by atoms with Crippen LogP contribution in [0.5, 0.6) is 5.75 Å². The number of amides is 1. The van der Waals surface area contributed by atoms with Crippen LogP contribution < -0.4 is 15.6 Å². The van der Waals surface area contributed by atoms with Crippen LogP contribution in [0.25, 0.3) is 10.2 Å². The van der Waals surface area contributed by atoms with Gasteiger partial charge in [0.1, 0.15) is 35.2 Å². The summed E-state index contributed by atoms with van der Waals surface area (Å²) >= 11 is 1.09. The van der Waals surface area contributed by atoms with Gasteiger partial charge in [-0.2, -0.15) is 0 Å². The maximum absolute atomic E-state index is 13.1. The van der Waals surface area contributed by atoms with Gasteiger partial charge in [-0.1, -0.05) is 44.2 Å². The first-order valence-corrected chi connectivity index (χ1v) is 12.4. The predicted octanol–water partition coefficient (Wildman–Crippen LogP) is 4.76. The summed E-state index contributed by atoms with van der Waals surface area (Å²) in [7, 11) is 0. The highest BCUT2D eigenvalue weighted by Gasteiger charge is 2.21. The average molecular weight is 506 g/mol. The molecule has 4 rings (SSSR count). The number of nitrogens with zero attached hydrogens (tertiary/aromatic N) is 2. The van der Waals surface area contributed by atoms with Gasteiger partial charge in [0.05, 0.1) is 11.7 Å². The monoisotopic (exact) mass is 505 g/mol. The Bertz CT molecular complexity index is 1430. The highest BCUT2D eigenvalue weighted by Crippen LogP contribution is 2.27. The molecule has 36 heavy (non-hydrogen) atoms. The van der Waals surface area contributed by atoms with Crippen LogP contribution in [0.2, 0.25) is 0 Å². The van der Waals surface area contributed by atoms with E-state index in [1.54, 1.807) is 6.92 Å². The summed E-state index contributed by atoms with van der Waals surface area (Å²) in [4.78, 5) is 43.3. The number of carbonyl (C=O) groups is 2. The molecular formula is C27H27N3O5S. The fraction of sp³-hybridized carbons (Fsp3) is 0.259. The van der Waals surface area contributed by atoms with Crippen LogP contribution in [-0.2, 0) is 16.1 Å². The van der Waals surface area contributed by atoms with Crippen LogP contribution in [0.4, 0.5) is 5.69 Å². The van der Waals surface area contributed by atoms with Gasteiger partial charge in [0.2, 0.25) is 5.91 Å². The van der Waals surface area contributed by atoms with Crippen molar-refractivity contribution >= 4 is 39.1 Å². The van der Waals surface area contributed by atoms with Crippen molar-refractivity contribution in [3.05, 3.63) is 87.3 Å². The second-order valence-corrected chi connectivity index (χ2v) is 9.54. The zero-order valence-corrected chi connectivity index (χ0v) is 21.1. The molecule has 0 aliphatic carbocycles. The summed E-state index contributed by atoms with van der Waals surface area (Å²) in [5.74, 6) is 0.194. The number of aryl methyl sites for hydroxylation is 1. The molecule has 0 unspecified atom stereocenters. The number of thiophene rings is 1. The lowest BCUT2D eigenvalue weighted by Gasteiger charge is -2.09. The molecule has 186 valence electrons.